The molecule has 0 fully saturated rings. The quantitative estimate of drug-likeness (QED) is 0.572. The van der Waals surface area contributed by atoms with E-state index in [1.54, 1.807) is 19.1 Å². The van der Waals surface area contributed by atoms with E-state index in [1.807, 2.05) is 56.3 Å². The predicted molar refractivity (Wildman–Crippen MR) is 132 cm³/mol. The molecule has 0 radical (unpaired) electrons. The van der Waals surface area contributed by atoms with Crippen molar-refractivity contribution in [3.05, 3.63) is 65.7 Å². The zero-order valence-electron chi connectivity index (χ0n) is 20.3. The highest BCUT2D eigenvalue weighted by atomic mass is 32.2. The zero-order valence-corrected chi connectivity index (χ0v) is 21.1. The maximum atomic E-state index is 13.4. The normalized spacial score (nSPS) is 12.5. The lowest BCUT2D eigenvalue weighted by molar-refractivity contribution is -0.139. The van der Waals surface area contributed by atoms with E-state index in [9.17, 15) is 18.0 Å². The van der Waals surface area contributed by atoms with Crippen molar-refractivity contribution in [2.75, 3.05) is 17.1 Å². The van der Waals surface area contributed by atoms with E-state index in [1.165, 1.54) is 4.90 Å². The van der Waals surface area contributed by atoms with Crippen LogP contribution in [0.1, 0.15) is 51.7 Å². The topological polar surface area (TPSA) is 86.8 Å². The minimum absolute atomic E-state index is 0.0828. The van der Waals surface area contributed by atoms with Crippen molar-refractivity contribution in [3.8, 4) is 0 Å². The van der Waals surface area contributed by atoms with E-state index in [4.69, 9.17) is 0 Å². The summed E-state index contributed by atoms with van der Waals surface area (Å²) < 4.78 is 26.3. The molecule has 1 atom stereocenters. The Morgan fingerprint density at radius 2 is 1.48 bits per heavy atom. The summed E-state index contributed by atoms with van der Waals surface area (Å²) in [5.41, 5.74) is 2.33. The number of sulfonamides is 1. The second kappa shape index (κ2) is 11.3. The van der Waals surface area contributed by atoms with Crippen molar-refractivity contribution in [2.24, 2.45) is 0 Å². The molecule has 0 unspecified atom stereocenters. The lowest BCUT2D eigenvalue weighted by atomic mass is 10.0. The average molecular weight is 474 g/mol. The van der Waals surface area contributed by atoms with Crippen LogP contribution in [0.2, 0.25) is 0 Å². The van der Waals surface area contributed by atoms with Gasteiger partial charge in [-0.25, -0.2) is 8.42 Å². The van der Waals surface area contributed by atoms with Crippen LogP contribution in [0.15, 0.2) is 54.6 Å². The zero-order chi connectivity index (χ0) is 24.8. The van der Waals surface area contributed by atoms with Crippen LogP contribution in [0.5, 0.6) is 0 Å². The van der Waals surface area contributed by atoms with Crippen molar-refractivity contribution >= 4 is 27.5 Å². The van der Waals surface area contributed by atoms with Crippen LogP contribution in [-0.2, 0) is 26.2 Å². The Morgan fingerprint density at radius 1 is 0.909 bits per heavy atom. The van der Waals surface area contributed by atoms with Crippen molar-refractivity contribution < 1.29 is 18.0 Å². The Hall–Kier alpha value is -2.87. The number of amides is 2. The van der Waals surface area contributed by atoms with Gasteiger partial charge in [-0.15, -0.1) is 0 Å². The summed E-state index contributed by atoms with van der Waals surface area (Å²) in [7, 11) is -3.73. The first kappa shape index (κ1) is 26.4. The monoisotopic (exact) mass is 473 g/mol. The summed E-state index contributed by atoms with van der Waals surface area (Å²) in [5, 5.41) is 2.83. The number of carbonyl (C=O) groups excluding carboxylic acids is 2. The number of hydrogen-bond donors (Lipinski definition) is 1. The highest BCUT2D eigenvalue weighted by Gasteiger charge is 2.30. The Labute approximate surface area is 197 Å². The molecule has 8 heteroatoms. The summed E-state index contributed by atoms with van der Waals surface area (Å²) >= 11 is 0. The fourth-order valence-corrected chi connectivity index (χ4v) is 4.26. The maximum Gasteiger partial charge on any atom is 0.244 e. The van der Waals surface area contributed by atoms with E-state index < -0.39 is 28.5 Å². The molecule has 2 aromatic carbocycles. The third-order valence-electron chi connectivity index (χ3n) is 5.32. The molecule has 0 saturated carbocycles. The molecule has 0 aliphatic heterocycles. The van der Waals surface area contributed by atoms with Crippen LogP contribution in [0.3, 0.4) is 0 Å². The van der Waals surface area contributed by atoms with E-state index in [-0.39, 0.29) is 18.5 Å². The van der Waals surface area contributed by atoms with Crippen LogP contribution in [0.25, 0.3) is 0 Å². The second-order valence-electron chi connectivity index (χ2n) is 8.86. The van der Waals surface area contributed by atoms with Gasteiger partial charge in [0.2, 0.25) is 21.8 Å². The molecular weight excluding hydrogens is 438 g/mol. The molecule has 2 rings (SSSR count). The van der Waals surface area contributed by atoms with E-state index in [2.05, 4.69) is 19.2 Å². The van der Waals surface area contributed by atoms with E-state index in [0.717, 1.165) is 21.7 Å². The second-order valence-corrected chi connectivity index (χ2v) is 10.8. The van der Waals surface area contributed by atoms with Gasteiger partial charge in [0.15, 0.2) is 0 Å². The summed E-state index contributed by atoms with van der Waals surface area (Å²) in [4.78, 5) is 27.6. The van der Waals surface area contributed by atoms with Crippen molar-refractivity contribution in [2.45, 2.75) is 59.2 Å². The number of carbonyl (C=O) groups is 2. The number of hydrogen-bond acceptors (Lipinski definition) is 4. The molecule has 2 aromatic rings. The third kappa shape index (κ3) is 7.60. The Kier molecular flexibility index (Phi) is 9.05. The van der Waals surface area contributed by atoms with Crippen molar-refractivity contribution in [1.82, 2.24) is 10.2 Å². The number of anilines is 1. The standard InChI is InChI=1S/C25H35N3O4S/c1-18(2)22-12-14-23(15-13-22)28(33(6,31)32)17-24(29)27(16-21-10-8-7-9-11-21)20(5)25(30)26-19(3)4/h7-15,18-20H,16-17H2,1-6H3,(H,26,30)/t20-/m0/s1. The average Bonchev–Trinajstić information content (AvgIpc) is 2.74. The molecule has 0 aromatic heterocycles. The summed E-state index contributed by atoms with van der Waals surface area (Å²) in [6, 6.07) is 15.6. The largest absolute Gasteiger partial charge is 0.352 e. The van der Waals surface area contributed by atoms with Gasteiger partial charge in [-0.05, 0) is 49.9 Å². The fourth-order valence-electron chi connectivity index (χ4n) is 3.41. The molecule has 0 spiro atoms. The van der Waals surface area contributed by atoms with Crippen molar-refractivity contribution in [1.29, 1.82) is 0 Å². The lowest BCUT2D eigenvalue weighted by Gasteiger charge is -2.32. The first-order chi connectivity index (χ1) is 15.4. The van der Waals surface area contributed by atoms with E-state index >= 15 is 0 Å². The van der Waals surface area contributed by atoms with Gasteiger partial charge in [0.25, 0.3) is 0 Å². The summed E-state index contributed by atoms with van der Waals surface area (Å²) in [6.45, 7) is 9.25. The summed E-state index contributed by atoms with van der Waals surface area (Å²) in [6.07, 6.45) is 1.08. The molecule has 0 saturated heterocycles. The molecule has 180 valence electrons. The SMILES string of the molecule is CC(C)NC(=O)[C@H](C)N(Cc1ccccc1)C(=O)CN(c1ccc(C(C)C)cc1)S(C)(=O)=O. The molecule has 0 aliphatic rings. The fraction of sp³-hybridized carbons (Fsp3) is 0.440. The maximum absolute atomic E-state index is 13.4. The van der Waals surface area contributed by atoms with Crippen LogP contribution in [0, 0.1) is 0 Å². The molecule has 0 heterocycles. The number of rotatable bonds is 10. The summed E-state index contributed by atoms with van der Waals surface area (Å²) in [5.74, 6) is -0.445. The van der Waals surface area contributed by atoms with Gasteiger partial charge in [-0.2, -0.15) is 0 Å². The molecule has 7 nitrogen and oxygen atoms in total. The lowest BCUT2D eigenvalue weighted by Crippen LogP contribution is -2.52. The Balaban J connectivity index is 2.36. The van der Waals surface area contributed by atoms with Gasteiger partial charge in [-0.1, -0.05) is 56.3 Å². The first-order valence-corrected chi connectivity index (χ1v) is 13.0. The van der Waals surface area contributed by atoms with Gasteiger partial charge in [0.05, 0.1) is 11.9 Å². The molecule has 2 amide bonds. The highest BCUT2D eigenvalue weighted by Crippen LogP contribution is 2.22. The minimum Gasteiger partial charge on any atom is -0.352 e. The van der Waals surface area contributed by atoms with Crippen LogP contribution in [-0.4, -0.2) is 50.0 Å². The predicted octanol–water partition coefficient (Wildman–Crippen LogP) is 3.52. The van der Waals surface area contributed by atoms with E-state index in [0.29, 0.717) is 11.6 Å². The third-order valence-corrected chi connectivity index (χ3v) is 6.46. The van der Waals surface area contributed by atoms with Crippen molar-refractivity contribution in [3.63, 3.8) is 0 Å². The molecule has 33 heavy (non-hydrogen) atoms. The molecule has 0 bridgehead atoms. The molecule has 0 aliphatic carbocycles. The van der Waals surface area contributed by atoms with Crippen LogP contribution in [0.4, 0.5) is 5.69 Å². The highest BCUT2D eigenvalue weighted by molar-refractivity contribution is 7.92. The van der Waals surface area contributed by atoms with Crippen LogP contribution >= 0.6 is 0 Å². The Bertz CT molecular complexity index is 1040. The Morgan fingerprint density at radius 3 is 1.97 bits per heavy atom. The minimum atomic E-state index is -3.73. The van der Waals surface area contributed by atoms with Gasteiger partial charge < -0.3 is 10.2 Å². The van der Waals surface area contributed by atoms with Gasteiger partial charge >= 0.3 is 0 Å². The number of nitrogens with one attached hydrogen (secondary N) is 1. The van der Waals surface area contributed by atoms with Crippen LogP contribution < -0.4 is 9.62 Å². The smallest absolute Gasteiger partial charge is 0.244 e. The van der Waals surface area contributed by atoms with Gasteiger partial charge in [0.1, 0.15) is 12.6 Å². The van der Waals surface area contributed by atoms with Gasteiger partial charge in [0, 0.05) is 12.6 Å². The number of benzene rings is 2. The first-order valence-electron chi connectivity index (χ1n) is 11.1. The van der Waals surface area contributed by atoms with Gasteiger partial charge in [-0.3, -0.25) is 13.9 Å². The molecular formula is C25H35N3O4S. The number of nitrogens with zero attached hydrogens (tertiary/aromatic N) is 2. The molecule has 1 N–H and O–H groups in total.